The van der Waals surface area contributed by atoms with Gasteiger partial charge in [0.2, 0.25) is 0 Å². The molecule has 0 aromatic carbocycles. The maximum absolute atomic E-state index is 11.4. The standard InChI is InChI=1S/C4H5F3NO2/c5-4(6,7)10-3-1-9-2-8-3/h2-3,8H,1H2. The van der Waals surface area contributed by atoms with E-state index in [1.54, 1.807) is 0 Å². The van der Waals surface area contributed by atoms with Crippen LogP contribution in [0.3, 0.4) is 0 Å². The van der Waals surface area contributed by atoms with Crippen LogP contribution in [0, 0.1) is 6.73 Å². The van der Waals surface area contributed by atoms with Crippen LogP contribution in [-0.4, -0.2) is 19.2 Å². The number of ether oxygens (including phenoxy) is 2. The van der Waals surface area contributed by atoms with Gasteiger partial charge in [-0.05, 0) is 0 Å². The van der Waals surface area contributed by atoms with Crippen molar-refractivity contribution in [2.24, 2.45) is 0 Å². The second kappa shape index (κ2) is 2.73. The lowest BCUT2D eigenvalue weighted by molar-refractivity contribution is -0.344. The highest BCUT2D eigenvalue weighted by Crippen LogP contribution is 2.19. The molecule has 1 unspecified atom stereocenters. The molecule has 0 aromatic heterocycles. The molecular weight excluding hydrogens is 151 g/mol. The lowest BCUT2D eigenvalue weighted by atomic mass is 10.6. The van der Waals surface area contributed by atoms with E-state index in [-0.39, 0.29) is 6.61 Å². The summed E-state index contributed by atoms with van der Waals surface area (Å²) in [6.45, 7) is 0.954. The Hall–Kier alpha value is -0.330. The first kappa shape index (κ1) is 7.77. The minimum Gasteiger partial charge on any atom is -0.355 e. The molecular formula is C4H5F3NO2. The lowest BCUT2D eigenvalue weighted by Gasteiger charge is -2.11. The van der Waals surface area contributed by atoms with Crippen molar-refractivity contribution in [1.82, 2.24) is 5.32 Å². The van der Waals surface area contributed by atoms with Gasteiger partial charge in [-0.2, -0.15) is 0 Å². The van der Waals surface area contributed by atoms with Gasteiger partial charge in [0.15, 0.2) is 0 Å². The Labute approximate surface area is 55.1 Å². The summed E-state index contributed by atoms with van der Waals surface area (Å²) in [6, 6.07) is 0. The van der Waals surface area contributed by atoms with Crippen molar-refractivity contribution in [1.29, 1.82) is 0 Å². The van der Waals surface area contributed by atoms with Crippen LogP contribution in [0.2, 0.25) is 0 Å². The monoisotopic (exact) mass is 156 g/mol. The molecule has 1 fully saturated rings. The summed E-state index contributed by atoms with van der Waals surface area (Å²) in [6.07, 6.45) is -5.70. The van der Waals surface area contributed by atoms with Crippen molar-refractivity contribution in [3.63, 3.8) is 0 Å². The van der Waals surface area contributed by atoms with E-state index in [0.29, 0.717) is 0 Å². The molecule has 0 aliphatic carbocycles. The third kappa shape index (κ3) is 2.51. The van der Waals surface area contributed by atoms with Crippen molar-refractivity contribution in [2.75, 3.05) is 6.61 Å². The summed E-state index contributed by atoms with van der Waals surface area (Å²) in [4.78, 5) is 0. The molecule has 1 saturated heterocycles. The van der Waals surface area contributed by atoms with E-state index in [1.807, 2.05) is 0 Å². The predicted molar refractivity (Wildman–Crippen MR) is 24.3 cm³/mol. The average molecular weight is 156 g/mol. The summed E-state index contributed by atoms with van der Waals surface area (Å²) in [5, 5.41) is 2.22. The number of hydrogen-bond acceptors (Lipinski definition) is 3. The predicted octanol–water partition coefficient (Wildman–Crippen LogP) is 0.588. The minimum absolute atomic E-state index is 0.112. The van der Waals surface area contributed by atoms with Crippen molar-refractivity contribution in [3.05, 3.63) is 6.73 Å². The Balaban J connectivity index is 2.24. The molecule has 0 amide bonds. The fourth-order valence-electron chi connectivity index (χ4n) is 0.537. The van der Waals surface area contributed by atoms with Gasteiger partial charge in [-0.25, -0.2) is 0 Å². The number of halogens is 3. The Morgan fingerprint density at radius 2 is 2.30 bits per heavy atom. The maximum atomic E-state index is 11.4. The Bertz CT molecular complexity index is 110. The molecule has 0 bridgehead atoms. The molecule has 1 aliphatic rings. The molecule has 0 aromatic rings. The van der Waals surface area contributed by atoms with Crippen molar-refractivity contribution >= 4 is 0 Å². The fourth-order valence-corrected chi connectivity index (χ4v) is 0.537. The topological polar surface area (TPSA) is 30.5 Å². The van der Waals surface area contributed by atoms with Crippen molar-refractivity contribution < 1.29 is 22.6 Å². The third-order valence-corrected chi connectivity index (χ3v) is 0.861. The van der Waals surface area contributed by atoms with Crippen LogP contribution < -0.4 is 5.32 Å². The Kier molecular flexibility index (Phi) is 2.12. The van der Waals surface area contributed by atoms with E-state index in [4.69, 9.17) is 0 Å². The highest BCUT2D eigenvalue weighted by molar-refractivity contribution is 4.65. The van der Waals surface area contributed by atoms with Gasteiger partial charge in [0.25, 0.3) is 0 Å². The summed E-state index contributed by atoms with van der Waals surface area (Å²) in [5.74, 6) is 0. The number of nitrogens with one attached hydrogen (secondary N) is 1. The molecule has 6 heteroatoms. The Morgan fingerprint density at radius 1 is 1.60 bits per heavy atom. The van der Waals surface area contributed by atoms with Crippen LogP contribution in [0.5, 0.6) is 0 Å². The van der Waals surface area contributed by atoms with E-state index in [9.17, 15) is 13.2 Å². The van der Waals surface area contributed by atoms with Gasteiger partial charge < -0.3 is 4.74 Å². The van der Waals surface area contributed by atoms with Gasteiger partial charge in [-0.1, -0.05) is 0 Å². The molecule has 1 rings (SSSR count). The molecule has 3 nitrogen and oxygen atoms in total. The largest absolute Gasteiger partial charge is 0.524 e. The molecule has 0 saturated carbocycles. The number of rotatable bonds is 1. The number of alkyl halides is 3. The highest BCUT2D eigenvalue weighted by atomic mass is 19.4. The first-order valence-electron chi connectivity index (χ1n) is 2.52. The van der Waals surface area contributed by atoms with Crippen LogP contribution in [0.1, 0.15) is 0 Å². The van der Waals surface area contributed by atoms with Crippen LogP contribution in [0.15, 0.2) is 0 Å². The van der Waals surface area contributed by atoms with Crippen molar-refractivity contribution in [3.8, 4) is 0 Å². The normalized spacial score (nSPS) is 27.3. The van der Waals surface area contributed by atoms with Crippen LogP contribution in [0.4, 0.5) is 13.2 Å². The van der Waals surface area contributed by atoms with E-state index in [1.165, 1.54) is 0 Å². The van der Waals surface area contributed by atoms with Crippen molar-refractivity contribution in [2.45, 2.75) is 12.6 Å². The summed E-state index contributed by atoms with van der Waals surface area (Å²) >= 11 is 0. The van der Waals surface area contributed by atoms with E-state index < -0.39 is 12.6 Å². The average Bonchev–Trinajstić information content (AvgIpc) is 2.12. The van der Waals surface area contributed by atoms with Gasteiger partial charge in [0, 0.05) is 0 Å². The van der Waals surface area contributed by atoms with Gasteiger partial charge in [0.1, 0.15) is 13.0 Å². The summed E-state index contributed by atoms with van der Waals surface area (Å²) < 4.78 is 42.1. The third-order valence-electron chi connectivity index (χ3n) is 0.861. The first-order chi connectivity index (χ1) is 4.58. The molecule has 1 aliphatic heterocycles. The van der Waals surface area contributed by atoms with Gasteiger partial charge in [0.05, 0.1) is 6.61 Å². The fraction of sp³-hybridized carbons (Fsp3) is 0.750. The second-order valence-corrected chi connectivity index (χ2v) is 1.67. The SMILES string of the molecule is FC(F)(F)OC1CO[CH]N1. The zero-order chi connectivity index (χ0) is 7.61. The molecule has 1 heterocycles. The van der Waals surface area contributed by atoms with Crippen LogP contribution in [-0.2, 0) is 9.47 Å². The molecule has 59 valence electrons. The highest BCUT2D eigenvalue weighted by Gasteiger charge is 2.35. The van der Waals surface area contributed by atoms with E-state index in [0.717, 1.165) is 6.73 Å². The molecule has 1 N–H and O–H groups in total. The molecule has 1 radical (unpaired) electrons. The van der Waals surface area contributed by atoms with E-state index in [2.05, 4.69) is 14.8 Å². The molecule has 1 atom stereocenters. The molecule has 0 spiro atoms. The quantitative estimate of drug-likeness (QED) is 0.602. The van der Waals surface area contributed by atoms with E-state index >= 15 is 0 Å². The second-order valence-electron chi connectivity index (χ2n) is 1.67. The first-order valence-corrected chi connectivity index (χ1v) is 2.52. The zero-order valence-electron chi connectivity index (χ0n) is 4.81. The molecule has 10 heavy (non-hydrogen) atoms. The van der Waals surface area contributed by atoms with Crippen LogP contribution in [0.25, 0.3) is 0 Å². The summed E-state index contributed by atoms with van der Waals surface area (Å²) in [5.41, 5.74) is 0. The zero-order valence-corrected chi connectivity index (χ0v) is 4.81. The summed E-state index contributed by atoms with van der Waals surface area (Å²) in [7, 11) is 0. The maximum Gasteiger partial charge on any atom is 0.524 e. The smallest absolute Gasteiger partial charge is 0.355 e. The Morgan fingerprint density at radius 3 is 2.70 bits per heavy atom. The minimum atomic E-state index is -4.60. The van der Waals surface area contributed by atoms with Gasteiger partial charge in [-0.3, -0.25) is 10.1 Å². The van der Waals surface area contributed by atoms with Gasteiger partial charge >= 0.3 is 6.36 Å². The van der Waals surface area contributed by atoms with Gasteiger partial charge in [-0.15, -0.1) is 13.2 Å². The van der Waals surface area contributed by atoms with Crippen LogP contribution >= 0.6 is 0 Å². The lowest BCUT2D eigenvalue weighted by Crippen LogP contribution is -2.32. The number of hydrogen-bond donors (Lipinski definition) is 1.